The molecule has 0 atom stereocenters. The van der Waals surface area contributed by atoms with Gasteiger partial charge in [-0.1, -0.05) is 31.2 Å². The van der Waals surface area contributed by atoms with E-state index in [1.165, 1.54) is 0 Å². The van der Waals surface area contributed by atoms with Gasteiger partial charge in [0, 0.05) is 19.1 Å². The van der Waals surface area contributed by atoms with E-state index in [-0.39, 0.29) is 35.8 Å². The van der Waals surface area contributed by atoms with E-state index >= 15 is 0 Å². The van der Waals surface area contributed by atoms with Crippen LogP contribution in [0.2, 0.25) is 0 Å². The molecule has 6 nitrogen and oxygen atoms in total. The van der Waals surface area contributed by atoms with Crippen LogP contribution in [0.4, 0.5) is 0 Å². The van der Waals surface area contributed by atoms with E-state index in [9.17, 15) is 8.42 Å². The van der Waals surface area contributed by atoms with Gasteiger partial charge in [0.05, 0.1) is 12.3 Å². The summed E-state index contributed by atoms with van der Waals surface area (Å²) in [7, 11) is -3.30. The van der Waals surface area contributed by atoms with Crippen molar-refractivity contribution >= 4 is 40.0 Å². The molecular weight excluding hydrogens is 463 g/mol. The maximum absolute atomic E-state index is 12.0. The number of nitrogens with two attached hydrogens (primary N) is 1. The Morgan fingerprint density at radius 2 is 1.77 bits per heavy atom. The lowest BCUT2D eigenvalue weighted by atomic mass is 10.00. The lowest BCUT2D eigenvalue weighted by Gasteiger charge is -2.31. The molecule has 0 saturated carbocycles. The number of nitrogens with one attached hydrogen (secondary N) is 1. The van der Waals surface area contributed by atoms with E-state index in [2.05, 4.69) is 21.5 Å². The molecule has 1 heterocycles. The lowest BCUT2D eigenvalue weighted by molar-refractivity contribution is 0.277. The molecule has 1 aliphatic rings. The summed E-state index contributed by atoms with van der Waals surface area (Å²) >= 11 is 0. The Balaban J connectivity index is 0.00000338. The minimum Gasteiger partial charge on any atom is -0.370 e. The zero-order valence-electron chi connectivity index (χ0n) is 15.8. The molecular formula is C18H31IN4O2S. The quantitative estimate of drug-likeness (QED) is 0.362. The van der Waals surface area contributed by atoms with Crippen LogP contribution in [0.25, 0.3) is 0 Å². The first-order chi connectivity index (χ1) is 11.7. The summed E-state index contributed by atoms with van der Waals surface area (Å²) in [5.74, 6) is 1.35. The van der Waals surface area contributed by atoms with Gasteiger partial charge in [0.15, 0.2) is 5.96 Å². The van der Waals surface area contributed by atoms with Gasteiger partial charge in [-0.05, 0) is 43.7 Å². The molecule has 148 valence electrons. The lowest BCUT2D eigenvalue weighted by Crippen LogP contribution is -2.42. The topological polar surface area (TPSA) is 87.8 Å². The van der Waals surface area contributed by atoms with Gasteiger partial charge in [-0.2, -0.15) is 0 Å². The second kappa shape index (κ2) is 10.5. The maximum Gasteiger partial charge on any atom is 0.216 e. The van der Waals surface area contributed by atoms with Crippen molar-refractivity contribution in [2.45, 2.75) is 52.0 Å². The molecule has 8 heteroatoms. The van der Waals surface area contributed by atoms with E-state index < -0.39 is 10.0 Å². The van der Waals surface area contributed by atoms with Gasteiger partial charge in [0.1, 0.15) is 0 Å². The highest BCUT2D eigenvalue weighted by Gasteiger charge is 2.17. The number of hydrogen-bond acceptors (Lipinski definition) is 3. The second-order valence-electron chi connectivity index (χ2n) is 7.19. The van der Waals surface area contributed by atoms with Crippen molar-refractivity contribution in [2.24, 2.45) is 16.6 Å². The Hall–Kier alpha value is -0.870. The van der Waals surface area contributed by atoms with E-state index in [0.29, 0.717) is 12.5 Å². The molecule has 1 aromatic rings. The number of guanidine groups is 1. The fraction of sp³-hybridized carbons (Fsp3) is 0.611. The van der Waals surface area contributed by atoms with Crippen molar-refractivity contribution in [2.75, 3.05) is 13.1 Å². The number of aliphatic imine (C=N–C) groups is 1. The fourth-order valence-corrected chi connectivity index (χ4v) is 4.30. The number of nitrogens with zero attached hydrogens (tertiary/aromatic N) is 2. The van der Waals surface area contributed by atoms with Crippen molar-refractivity contribution in [1.82, 2.24) is 9.62 Å². The van der Waals surface area contributed by atoms with Gasteiger partial charge in [-0.25, -0.2) is 18.1 Å². The van der Waals surface area contributed by atoms with Gasteiger partial charge in [-0.3, -0.25) is 0 Å². The smallest absolute Gasteiger partial charge is 0.216 e. The normalized spacial score (nSPS) is 16.6. The summed E-state index contributed by atoms with van der Waals surface area (Å²) in [6.45, 7) is 8.34. The molecule has 3 N–H and O–H groups in total. The third kappa shape index (κ3) is 7.79. The number of rotatable bonds is 6. The van der Waals surface area contributed by atoms with Crippen LogP contribution in [0.3, 0.4) is 0 Å². The average molecular weight is 494 g/mol. The monoisotopic (exact) mass is 494 g/mol. The first-order valence-electron chi connectivity index (χ1n) is 8.88. The Bertz CT molecular complexity index is 682. The van der Waals surface area contributed by atoms with E-state index in [1.807, 2.05) is 38.1 Å². The van der Waals surface area contributed by atoms with Crippen LogP contribution < -0.4 is 10.5 Å². The van der Waals surface area contributed by atoms with Gasteiger partial charge in [-0.15, -0.1) is 24.0 Å². The van der Waals surface area contributed by atoms with E-state index in [1.54, 1.807) is 0 Å². The van der Waals surface area contributed by atoms with Crippen LogP contribution in [0.1, 0.15) is 44.7 Å². The van der Waals surface area contributed by atoms with Gasteiger partial charge < -0.3 is 10.6 Å². The fourth-order valence-electron chi connectivity index (χ4n) is 2.87. The van der Waals surface area contributed by atoms with Crippen molar-refractivity contribution in [3.63, 3.8) is 0 Å². The van der Waals surface area contributed by atoms with Crippen molar-refractivity contribution in [3.05, 3.63) is 35.4 Å². The second-order valence-corrected chi connectivity index (χ2v) is 8.95. The highest BCUT2D eigenvalue weighted by Crippen LogP contribution is 2.16. The number of sulfonamides is 1. The Kier molecular flexibility index (Phi) is 9.32. The number of likely N-dealkylation sites (tertiary alicyclic amines) is 1. The molecule has 0 unspecified atom stereocenters. The van der Waals surface area contributed by atoms with Crippen LogP contribution in [-0.4, -0.2) is 38.4 Å². The molecule has 0 aromatic heterocycles. The molecule has 0 bridgehead atoms. The first kappa shape index (κ1) is 23.2. The first-order valence-corrected chi connectivity index (χ1v) is 10.5. The Morgan fingerprint density at radius 1 is 1.23 bits per heavy atom. The van der Waals surface area contributed by atoms with Gasteiger partial charge in [0.25, 0.3) is 0 Å². The molecule has 26 heavy (non-hydrogen) atoms. The summed E-state index contributed by atoms with van der Waals surface area (Å²) in [6, 6.07) is 7.40. The predicted octanol–water partition coefficient (Wildman–Crippen LogP) is 2.68. The molecule has 1 aromatic carbocycles. The van der Waals surface area contributed by atoms with Crippen molar-refractivity contribution in [3.8, 4) is 0 Å². The number of hydrogen-bond donors (Lipinski definition) is 2. The van der Waals surface area contributed by atoms with Crippen LogP contribution in [0.15, 0.2) is 29.3 Å². The molecule has 1 aliphatic heterocycles. The zero-order valence-corrected chi connectivity index (χ0v) is 19.0. The SMILES string of the molecule is CC1CCN(C(N)=NCc2ccc(CS(=O)(=O)NC(C)C)cc2)CC1.I. The van der Waals surface area contributed by atoms with Crippen LogP contribution >= 0.6 is 24.0 Å². The highest BCUT2D eigenvalue weighted by atomic mass is 127. The molecule has 0 radical (unpaired) electrons. The van der Waals surface area contributed by atoms with E-state index in [0.717, 1.165) is 43.0 Å². The Morgan fingerprint density at radius 3 is 2.31 bits per heavy atom. The third-order valence-electron chi connectivity index (χ3n) is 4.33. The van der Waals surface area contributed by atoms with Crippen molar-refractivity contribution < 1.29 is 8.42 Å². The minimum absolute atomic E-state index is 0. The molecule has 1 fully saturated rings. The maximum atomic E-state index is 12.0. The molecule has 0 amide bonds. The minimum atomic E-state index is -3.30. The molecule has 2 rings (SSSR count). The zero-order chi connectivity index (χ0) is 18.4. The number of halogens is 1. The van der Waals surface area contributed by atoms with Crippen molar-refractivity contribution in [1.29, 1.82) is 0 Å². The Labute approximate surface area is 174 Å². The van der Waals surface area contributed by atoms with E-state index in [4.69, 9.17) is 5.73 Å². The summed E-state index contributed by atoms with van der Waals surface area (Å²) < 4.78 is 26.5. The number of piperidine rings is 1. The summed E-state index contributed by atoms with van der Waals surface area (Å²) in [6.07, 6.45) is 2.31. The third-order valence-corrected chi connectivity index (χ3v) is 5.87. The summed E-state index contributed by atoms with van der Waals surface area (Å²) in [5, 5.41) is 0. The summed E-state index contributed by atoms with van der Waals surface area (Å²) in [4.78, 5) is 6.61. The number of benzene rings is 1. The van der Waals surface area contributed by atoms with Crippen LogP contribution in [-0.2, 0) is 22.3 Å². The van der Waals surface area contributed by atoms with Crippen LogP contribution in [0.5, 0.6) is 0 Å². The summed E-state index contributed by atoms with van der Waals surface area (Å²) in [5.41, 5.74) is 7.87. The van der Waals surface area contributed by atoms with Crippen LogP contribution in [0, 0.1) is 5.92 Å². The highest BCUT2D eigenvalue weighted by molar-refractivity contribution is 14.0. The molecule has 0 spiro atoms. The largest absolute Gasteiger partial charge is 0.370 e. The molecule has 0 aliphatic carbocycles. The molecule has 1 saturated heterocycles. The van der Waals surface area contributed by atoms with Gasteiger partial charge >= 0.3 is 0 Å². The van der Waals surface area contributed by atoms with Gasteiger partial charge in [0.2, 0.25) is 10.0 Å². The predicted molar refractivity (Wildman–Crippen MR) is 118 cm³/mol. The average Bonchev–Trinajstić information content (AvgIpc) is 2.53. The standard InChI is InChI=1S/C18H30N4O2S.HI/c1-14(2)21-25(23,24)13-17-6-4-16(5-7-17)12-20-18(19)22-10-8-15(3)9-11-22;/h4-7,14-15,21H,8-13H2,1-3H3,(H2,19,20);1H.